The number of amides is 1. The third-order valence-corrected chi connectivity index (χ3v) is 5.38. The fraction of sp³-hybridized carbons (Fsp3) is 0.261. The molecule has 1 amide bonds. The van der Waals surface area contributed by atoms with Crippen LogP contribution in [0.1, 0.15) is 33.6 Å². The minimum Gasteiger partial charge on any atom is -0.374 e. The Morgan fingerprint density at radius 1 is 1.24 bits per heavy atom. The Labute approximate surface area is 170 Å². The van der Waals surface area contributed by atoms with Gasteiger partial charge in [-0.05, 0) is 66.3 Å². The number of fused-ring (bicyclic) bond motifs is 1. The van der Waals surface area contributed by atoms with Crippen molar-refractivity contribution < 1.29 is 9.90 Å². The Balaban J connectivity index is 1.51. The number of rotatable bonds is 4. The first-order valence-electron chi connectivity index (χ1n) is 9.71. The average Bonchev–Trinajstić information content (AvgIpc) is 2.75. The van der Waals surface area contributed by atoms with Crippen LogP contribution in [0.4, 0.5) is 5.69 Å². The molecule has 0 spiro atoms. The van der Waals surface area contributed by atoms with Gasteiger partial charge in [0.05, 0.1) is 0 Å². The number of aliphatic hydroxyl groups excluding tert-OH is 1. The zero-order valence-electron chi connectivity index (χ0n) is 16.6. The second-order valence-corrected chi connectivity index (χ2v) is 7.41. The summed E-state index contributed by atoms with van der Waals surface area (Å²) in [6.07, 6.45) is 6.36. The largest absolute Gasteiger partial charge is 0.374 e. The number of carbonyl (C=O) groups is 1. The normalized spacial score (nSPS) is 15.7. The predicted molar refractivity (Wildman–Crippen MR) is 113 cm³/mol. The van der Waals surface area contributed by atoms with Gasteiger partial charge < -0.3 is 15.3 Å². The monoisotopic (exact) mass is 388 g/mol. The average molecular weight is 388 g/mol. The third kappa shape index (κ3) is 3.98. The summed E-state index contributed by atoms with van der Waals surface area (Å²) in [5.74, 6) is -0.191. The highest BCUT2D eigenvalue weighted by Crippen LogP contribution is 2.32. The van der Waals surface area contributed by atoms with Crippen molar-refractivity contribution >= 4 is 11.6 Å². The van der Waals surface area contributed by atoms with Gasteiger partial charge in [-0.25, -0.2) is 0 Å². The van der Waals surface area contributed by atoms with E-state index in [1.54, 1.807) is 12.4 Å². The highest BCUT2D eigenvalue weighted by molar-refractivity contribution is 5.93. The van der Waals surface area contributed by atoms with E-state index in [9.17, 15) is 9.90 Å². The predicted octanol–water partition coefficient (Wildman–Crippen LogP) is 3.08. The van der Waals surface area contributed by atoms with Crippen LogP contribution < -0.4 is 10.2 Å². The van der Waals surface area contributed by atoms with Gasteiger partial charge in [-0.15, -0.1) is 0 Å². The van der Waals surface area contributed by atoms with Crippen LogP contribution in [0.3, 0.4) is 0 Å². The van der Waals surface area contributed by atoms with E-state index in [0.29, 0.717) is 12.2 Å². The van der Waals surface area contributed by atoms with Crippen LogP contribution in [-0.4, -0.2) is 34.3 Å². The molecular formula is C23H24N4O2. The number of hydrogen-bond acceptors (Lipinski definition) is 5. The van der Waals surface area contributed by atoms with Crippen molar-refractivity contribution in [1.82, 2.24) is 15.3 Å². The molecule has 2 N–H and O–H groups in total. The Morgan fingerprint density at radius 2 is 2.10 bits per heavy atom. The van der Waals surface area contributed by atoms with Crippen molar-refractivity contribution in [3.63, 3.8) is 0 Å². The lowest BCUT2D eigenvalue weighted by molar-refractivity contribution is 0.0945. The number of nitrogens with zero attached hydrogens (tertiary/aromatic N) is 3. The SMILES string of the molecule is Cc1cccnc1C(=O)NCc1cncc(-c2ccc3c(c2)CCC(O)N3C)c1. The second kappa shape index (κ2) is 8.01. The number of hydrogen-bond donors (Lipinski definition) is 2. The van der Waals surface area contributed by atoms with E-state index in [4.69, 9.17) is 0 Å². The maximum absolute atomic E-state index is 12.4. The summed E-state index contributed by atoms with van der Waals surface area (Å²) in [6.45, 7) is 2.26. The molecule has 1 aliphatic rings. The molecule has 0 saturated carbocycles. The number of carbonyl (C=O) groups excluding carboxylic acids is 1. The van der Waals surface area contributed by atoms with E-state index in [-0.39, 0.29) is 5.91 Å². The number of aryl methyl sites for hydroxylation is 2. The second-order valence-electron chi connectivity index (χ2n) is 7.41. The summed E-state index contributed by atoms with van der Waals surface area (Å²) in [5, 5.41) is 12.9. The first-order chi connectivity index (χ1) is 14.0. The van der Waals surface area contributed by atoms with Gasteiger partial charge in [0, 0.05) is 43.4 Å². The first kappa shape index (κ1) is 19.1. The van der Waals surface area contributed by atoms with Crippen molar-refractivity contribution in [2.24, 2.45) is 0 Å². The quantitative estimate of drug-likeness (QED) is 0.718. The van der Waals surface area contributed by atoms with Gasteiger partial charge in [-0.2, -0.15) is 0 Å². The van der Waals surface area contributed by atoms with Crippen molar-refractivity contribution in [3.8, 4) is 11.1 Å². The molecule has 4 rings (SSSR count). The number of nitrogens with one attached hydrogen (secondary N) is 1. The highest BCUT2D eigenvalue weighted by Gasteiger charge is 2.21. The number of aromatic nitrogens is 2. The van der Waals surface area contributed by atoms with Gasteiger partial charge in [0.2, 0.25) is 0 Å². The van der Waals surface area contributed by atoms with Crippen LogP contribution in [0.15, 0.2) is 55.0 Å². The lowest BCUT2D eigenvalue weighted by Gasteiger charge is -2.32. The van der Waals surface area contributed by atoms with Gasteiger partial charge in [0.1, 0.15) is 11.9 Å². The van der Waals surface area contributed by atoms with E-state index in [2.05, 4.69) is 21.4 Å². The summed E-state index contributed by atoms with van der Waals surface area (Å²) < 4.78 is 0. The standard InChI is InChI=1S/C23H24N4O2/c1-15-4-3-9-25-22(15)23(29)26-13-16-10-19(14-24-12-16)17-5-7-20-18(11-17)6-8-21(28)27(20)2/h3-5,7,9-12,14,21,28H,6,8,13H2,1-2H3,(H,26,29). The van der Waals surface area contributed by atoms with E-state index < -0.39 is 6.23 Å². The minimum absolute atomic E-state index is 0.191. The Hall–Kier alpha value is -3.25. The van der Waals surface area contributed by atoms with E-state index >= 15 is 0 Å². The maximum atomic E-state index is 12.4. The molecule has 1 atom stereocenters. The molecule has 1 aromatic carbocycles. The van der Waals surface area contributed by atoms with Crippen LogP contribution in [0, 0.1) is 6.92 Å². The van der Waals surface area contributed by atoms with Crippen LogP contribution >= 0.6 is 0 Å². The smallest absolute Gasteiger partial charge is 0.270 e. The molecule has 1 aliphatic heterocycles. The summed E-state index contributed by atoms with van der Waals surface area (Å²) >= 11 is 0. The lowest BCUT2D eigenvalue weighted by atomic mass is 9.96. The van der Waals surface area contributed by atoms with Gasteiger partial charge in [-0.1, -0.05) is 12.1 Å². The number of benzene rings is 1. The zero-order valence-corrected chi connectivity index (χ0v) is 16.6. The van der Waals surface area contributed by atoms with Crippen LogP contribution in [0.5, 0.6) is 0 Å². The number of pyridine rings is 2. The molecule has 0 aliphatic carbocycles. The summed E-state index contributed by atoms with van der Waals surface area (Å²) in [4.78, 5) is 22.8. The molecule has 3 heterocycles. The van der Waals surface area contributed by atoms with Crippen LogP contribution in [0.25, 0.3) is 11.1 Å². The molecule has 6 nitrogen and oxygen atoms in total. The third-order valence-electron chi connectivity index (χ3n) is 5.38. The number of anilines is 1. The Morgan fingerprint density at radius 3 is 2.93 bits per heavy atom. The van der Waals surface area contributed by atoms with Crippen molar-refractivity contribution in [1.29, 1.82) is 0 Å². The molecule has 6 heteroatoms. The molecule has 148 valence electrons. The molecular weight excluding hydrogens is 364 g/mol. The number of aliphatic hydroxyl groups is 1. The molecule has 2 aromatic heterocycles. The molecule has 1 unspecified atom stereocenters. The Bertz CT molecular complexity index is 1050. The first-order valence-corrected chi connectivity index (χ1v) is 9.71. The minimum atomic E-state index is -0.426. The van der Waals surface area contributed by atoms with E-state index in [1.807, 2.05) is 55.4 Å². The van der Waals surface area contributed by atoms with Crippen molar-refractivity contribution in [2.45, 2.75) is 32.5 Å². The summed E-state index contributed by atoms with van der Waals surface area (Å²) in [6, 6.07) is 12.0. The lowest BCUT2D eigenvalue weighted by Crippen LogP contribution is -2.35. The Kier molecular flexibility index (Phi) is 5.27. The molecule has 0 bridgehead atoms. The van der Waals surface area contributed by atoms with Gasteiger partial charge >= 0.3 is 0 Å². The molecule has 0 saturated heterocycles. The highest BCUT2D eigenvalue weighted by atomic mass is 16.3. The fourth-order valence-corrected chi connectivity index (χ4v) is 3.68. The molecule has 0 radical (unpaired) electrons. The van der Waals surface area contributed by atoms with Gasteiger partial charge in [0.25, 0.3) is 5.91 Å². The van der Waals surface area contributed by atoms with E-state index in [1.165, 1.54) is 5.56 Å². The van der Waals surface area contributed by atoms with Crippen molar-refractivity contribution in [2.75, 3.05) is 11.9 Å². The van der Waals surface area contributed by atoms with Crippen molar-refractivity contribution in [3.05, 3.63) is 77.4 Å². The van der Waals surface area contributed by atoms with E-state index in [0.717, 1.165) is 40.8 Å². The fourth-order valence-electron chi connectivity index (χ4n) is 3.68. The van der Waals surface area contributed by atoms with Gasteiger partial charge in [-0.3, -0.25) is 14.8 Å². The van der Waals surface area contributed by atoms with Crippen LogP contribution in [-0.2, 0) is 13.0 Å². The zero-order chi connectivity index (χ0) is 20.4. The van der Waals surface area contributed by atoms with Gasteiger partial charge in [0.15, 0.2) is 0 Å². The summed E-state index contributed by atoms with van der Waals surface area (Å²) in [7, 11) is 1.91. The molecule has 3 aromatic rings. The maximum Gasteiger partial charge on any atom is 0.270 e. The summed E-state index contributed by atoms with van der Waals surface area (Å²) in [5.41, 5.74) is 6.58. The van der Waals surface area contributed by atoms with Crippen LogP contribution in [0.2, 0.25) is 0 Å². The molecule has 29 heavy (non-hydrogen) atoms. The topological polar surface area (TPSA) is 78.3 Å². The molecule has 0 fully saturated rings.